The Morgan fingerprint density at radius 1 is 1.33 bits per heavy atom. The summed E-state index contributed by atoms with van der Waals surface area (Å²) >= 11 is 0. The number of hydrogen-bond acceptors (Lipinski definition) is 4. The molecular weight excluding hydrogens is 272 g/mol. The maximum atomic E-state index is 12.0. The van der Waals surface area contributed by atoms with E-state index in [4.69, 9.17) is 0 Å². The van der Waals surface area contributed by atoms with Gasteiger partial charge < -0.3 is 15.1 Å². The normalized spacial score (nSPS) is 14.3. The lowest BCUT2D eigenvalue weighted by molar-refractivity contribution is -0.139. The number of hydrogen-bond donors (Lipinski definition) is 1. The van der Waals surface area contributed by atoms with Crippen LogP contribution in [0.15, 0.2) is 18.3 Å². The van der Waals surface area contributed by atoms with Crippen LogP contribution in [0.4, 0.5) is 5.82 Å². The van der Waals surface area contributed by atoms with Crippen LogP contribution in [0.3, 0.4) is 0 Å². The number of anilines is 1. The molecule has 0 radical (unpaired) electrons. The lowest BCUT2D eigenvalue weighted by Gasteiger charge is -2.37. The third-order valence-corrected chi connectivity index (χ3v) is 3.36. The van der Waals surface area contributed by atoms with Gasteiger partial charge in [-0.1, -0.05) is 0 Å². The number of amides is 3. The maximum Gasteiger partial charge on any atom is 0.253 e. The average Bonchev–Trinajstić information content (AvgIpc) is 2.35. The van der Waals surface area contributed by atoms with Crippen molar-refractivity contribution in [2.45, 2.75) is 6.92 Å². The Morgan fingerprint density at radius 3 is 2.57 bits per heavy atom. The van der Waals surface area contributed by atoms with Crippen LogP contribution < -0.4 is 5.32 Å². The smallest absolute Gasteiger partial charge is 0.253 e. The molecule has 0 unspecified atom stereocenters. The molecule has 21 heavy (non-hydrogen) atoms. The van der Waals surface area contributed by atoms with Gasteiger partial charge in [0, 0.05) is 45.9 Å². The van der Waals surface area contributed by atoms with Gasteiger partial charge in [-0.25, -0.2) is 4.98 Å². The minimum absolute atomic E-state index is 0.0317. The van der Waals surface area contributed by atoms with Crippen molar-refractivity contribution in [1.82, 2.24) is 14.8 Å². The van der Waals surface area contributed by atoms with E-state index in [9.17, 15) is 14.4 Å². The van der Waals surface area contributed by atoms with Crippen LogP contribution in [0.5, 0.6) is 0 Å². The van der Waals surface area contributed by atoms with Gasteiger partial charge in [0.1, 0.15) is 5.82 Å². The second kappa shape index (κ2) is 5.90. The zero-order chi connectivity index (χ0) is 15.6. The molecule has 0 atom stereocenters. The Kier molecular flexibility index (Phi) is 4.21. The summed E-state index contributed by atoms with van der Waals surface area (Å²) in [4.78, 5) is 42.0. The van der Waals surface area contributed by atoms with Gasteiger partial charge in [-0.3, -0.25) is 14.4 Å². The quantitative estimate of drug-likeness (QED) is 0.862. The van der Waals surface area contributed by atoms with Crippen molar-refractivity contribution in [1.29, 1.82) is 0 Å². The molecule has 1 fully saturated rings. The van der Waals surface area contributed by atoms with Crippen molar-refractivity contribution < 1.29 is 14.4 Å². The summed E-state index contributed by atoms with van der Waals surface area (Å²) in [5.74, 6) is -0.248. The van der Waals surface area contributed by atoms with Crippen molar-refractivity contribution >= 4 is 23.5 Å². The first kappa shape index (κ1) is 15.0. The molecule has 1 N–H and O–H groups in total. The number of nitrogens with one attached hydrogen (secondary N) is 1. The highest BCUT2D eigenvalue weighted by molar-refractivity contribution is 5.97. The van der Waals surface area contributed by atoms with Crippen LogP contribution in [-0.2, 0) is 9.59 Å². The third kappa shape index (κ3) is 3.36. The molecule has 0 bridgehead atoms. The summed E-state index contributed by atoms with van der Waals surface area (Å²) < 4.78 is 0. The van der Waals surface area contributed by atoms with Gasteiger partial charge in [0.15, 0.2) is 0 Å². The predicted octanol–water partition coefficient (Wildman–Crippen LogP) is 0.200. The second-order valence-corrected chi connectivity index (χ2v) is 5.24. The number of aromatic nitrogens is 1. The number of likely N-dealkylation sites (tertiary alicyclic amines) is 1. The van der Waals surface area contributed by atoms with Crippen molar-refractivity contribution in [3.63, 3.8) is 0 Å². The first-order chi connectivity index (χ1) is 9.88. The van der Waals surface area contributed by atoms with Gasteiger partial charge in [0.2, 0.25) is 11.8 Å². The summed E-state index contributed by atoms with van der Waals surface area (Å²) in [7, 11) is 3.32. The molecule has 3 amide bonds. The molecule has 1 aromatic rings. The summed E-state index contributed by atoms with van der Waals surface area (Å²) in [6, 6.07) is 3.14. The molecule has 0 aliphatic carbocycles. The highest BCUT2D eigenvalue weighted by Crippen LogP contribution is 2.18. The minimum Gasteiger partial charge on any atom is -0.345 e. The first-order valence-corrected chi connectivity index (χ1v) is 6.62. The van der Waals surface area contributed by atoms with Gasteiger partial charge in [-0.2, -0.15) is 0 Å². The number of carbonyl (C=O) groups is 3. The van der Waals surface area contributed by atoms with Crippen LogP contribution in [0.25, 0.3) is 0 Å². The van der Waals surface area contributed by atoms with Crippen molar-refractivity contribution in [3.05, 3.63) is 23.9 Å². The molecule has 1 saturated heterocycles. The molecule has 112 valence electrons. The number of rotatable bonds is 3. The highest BCUT2D eigenvalue weighted by atomic mass is 16.2. The van der Waals surface area contributed by atoms with E-state index in [1.165, 1.54) is 18.0 Å². The minimum atomic E-state index is -0.219. The molecule has 1 aliphatic rings. The Morgan fingerprint density at radius 2 is 2.00 bits per heavy atom. The number of nitrogens with zero attached hydrogens (tertiary/aromatic N) is 3. The predicted molar refractivity (Wildman–Crippen MR) is 76.6 cm³/mol. The number of pyridine rings is 1. The largest absolute Gasteiger partial charge is 0.345 e. The standard InChI is InChI=1S/C14H18N4O3/c1-9(19)18-7-11(8-18)13(20)16-12-6-10(4-5-15-12)14(21)17(2)3/h4-6,11H,7-8H2,1-3H3,(H,15,16,20). The summed E-state index contributed by atoms with van der Waals surface area (Å²) in [5.41, 5.74) is 0.462. The molecule has 0 aromatic carbocycles. The lowest BCUT2D eigenvalue weighted by atomic mass is 9.99. The lowest BCUT2D eigenvalue weighted by Crippen LogP contribution is -2.53. The van der Waals surface area contributed by atoms with Crippen LogP contribution in [0, 0.1) is 5.92 Å². The fourth-order valence-electron chi connectivity index (χ4n) is 2.02. The summed E-state index contributed by atoms with van der Waals surface area (Å²) in [5, 5.41) is 2.68. The second-order valence-electron chi connectivity index (χ2n) is 5.24. The van der Waals surface area contributed by atoms with E-state index in [0.29, 0.717) is 24.5 Å². The van der Waals surface area contributed by atoms with Crippen LogP contribution in [0.2, 0.25) is 0 Å². The summed E-state index contributed by atoms with van der Waals surface area (Å²) in [6.45, 7) is 2.33. The van der Waals surface area contributed by atoms with Crippen molar-refractivity contribution in [2.75, 3.05) is 32.5 Å². The Balaban J connectivity index is 1.97. The van der Waals surface area contributed by atoms with Crippen molar-refractivity contribution in [3.8, 4) is 0 Å². The average molecular weight is 290 g/mol. The molecule has 7 heteroatoms. The highest BCUT2D eigenvalue weighted by Gasteiger charge is 2.34. The van der Waals surface area contributed by atoms with Crippen LogP contribution in [-0.4, -0.2) is 59.7 Å². The Bertz CT molecular complexity index is 579. The SMILES string of the molecule is CC(=O)N1CC(C(=O)Nc2cc(C(=O)N(C)C)ccn2)C1. The Hall–Kier alpha value is -2.44. The Labute approximate surface area is 122 Å². The third-order valence-electron chi connectivity index (χ3n) is 3.36. The molecular formula is C14H18N4O3. The van der Waals surface area contributed by atoms with Crippen LogP contribution in [0.1, 0.15) is 17.3 Å². The van der Waals surface area contributed by atoms with Crippen LogP contribution >= 0.6 is 0 Å². The van der Waals surface area contributed by atoms with Gasteiger partial charge in [0.05, 0.1) is 5.92 Å². The van der Waals surface area contributed by atoms with E-state index in [1.54, 1.807) is 31.1 Å². The fourth-order valence-corrected chi connectivity index (χ4v) is 2.02. The monoisotopic (exact) mass is 290 g/mol. The maximum absolute atomic E-state index is 12.0. The van der Waals surface area contributed by atoms with Gasteiger partial charge >= 0.3 is 0 Å². The van der Waals surface area contributed by atoms with E-state index >= 15 is 0 Å². The fraction of sp³-hybridized carbons (Fsp3) is 0.429. The number of carbonyl (C=O) groups excluding carboxylic acids is 3. The molecule has 0 spiro atoms. The first-order valence-electron chi connectivity index (χ1n) is 6.62. The van der Waals surface area contributed by atoms with E-state index in [0.717, 1.165) is 0 Å². The zero-order valence-electron chi connectivity index (χ0n) is 12.3. The van der Waals surface area contributed by atoms with Crippen molar-refractivity contribution in [2.24, 2.45) is 5.92 Å². The van der Waals surface area contributed by atoms with E-state index < -0.39 is 0 Å². The van der Waals surface area contributed by atoms with E-state index in [2.05, 4.69) is 10.3 Å². The van der Waals surface area contributed by atoms with E-state index in [-0.39, 0.29) is 23.6 Å². The molecule has 0 saturated carbocycles. The zero-order valence-corrected chi connectivity index (χ0v) is 12.3. The topological polar surface area (TPSA) is 82.6 Å². The molecule has 2 heterocycles. The summed E-state index contributed by atoms with van der Waals surface area (Å²) in [6.07, 6.45) is 1.48. The molecule has 7 nitrogen and oxygen atoms in total. The molecule has 1 aliphatic heterocycles. The van der Waals surface area contributed by atoms with Gasteiger partial charge in [0.25, 0.3) is 5.91 Å². The van der Waals surface area contributed by atoms with Gasteiger partial charge in [-0.15, -0.1) is 0 Å². The molecule has 1 aromatic heterocycles. The van der Waals surface area contributed by atoms with E-state index in [1.807, 2.05) is 0 Å². The molecule has 2 rings (SSSR count). The van der Waals surface area contributed by atoms with Gasteiger partial charge in [-0.05, 0) is 12.1 Å².